The average Bonchev–Trinajstić information content (AvgIpc) is 2.91. The molecule has 2 aromatic heterocycles. The second-order valence-corrected chi connectivity index (χ2v) is 5.98. The second kappa shape index (κ2) is 6.93. The van der Waals surface area contributed by atoms with E-state index >= 15 is 0 Å². The molecule has 2 aromatic rings. The number of pyridine rings is 1. The zero-order valence-corrected chi connectivity index (χ0v) is 13.4. The third kappa shape index (κ3) is 3.37. The number of nitrogens with two attached hydrogens (primary N) is 1. The van der Waals surface area contributed by atoms with Gasteiger partial charge in [0.05, 0.1) is 0 Å². The molecule has 1 fully saturated rings. The molecule has 1 aliphatic rings. The number of hydrogen-bond acceptors (Lipinski definition) is 7. The summed E-state index contributed by atoms with van der Waals surface area (Å²) in [5.41, 5.74) is 5.30. The summed E-state index contributed by atoms with van der Waals surface area (Å²) in [5, 5.41) is 0.492. The Balaban J connectivity index is 0.000000774. The minimum absolute atomic E-state index is 0.446. The van der Waals surface area contributed by atoms with Gasteiger partial charge in [0.1, 0.15) is 16.2 Å². The van der Waals surface area contributed by atoms with E-state index in [0.717, 1.165) is 42.1 Å². The van der Waals surface area contributed by atoms with Crippen molar-refractivity contribution in [2.45, 2.75) is 13.0 Å². The summed E-state index contributed by atoms with van der Waals surface area (Å²) in [6, 6.07) is 4.40. The fraction of sp³-hybridized carbons (Fsp3) is 0.500. The minimum Gasteiger partial charge on any atom is -0.351 e. The van der Waals surface area contributed by atoms with E-state index in [0.29, 0.717) is 11.0 Å². The number of nitrogens with zero attached hydrogens (tertiary/aromatic N) is 4. The van der Waals surface area contributed by atoms with Crippen LogP contribution in [0.15, 0.2) is 12.1 Å². The van der Waals surface area contributed by atoms with Crippen LogP contribution in [0.2, 0.25) is 0 Å². The molecular weight excluding hydrogens is 286 g/mol. The first-order valence-electron chi connectivity index (χ1n) is 6.93. The molecule has 0 radical (unpaired) electrons. The number of anilines is 1. The highest BCUT2D eigenvalue weighted by Gasteiger charge is 2.22. The van der Waals surface area contributed by atoms with Gasteiger partial charge in [0.2, 0.25) is 0 Å². The molecule has 1 atom stereocenters. The van der Waals surface area contributed by atoms with Crippen LogP contribution in [0.25, 0.3) is 10.3 Å². The average molecular weight is 307 g/mol. The topological polar surface area (TPSA) is 75.3 Å². The van der Waals surface area contributed by atoms with Gasteiger partial charge < -0.3 is 15.5 Å². The molecule has 0 amide bonds. The molecule has 1 unspecified atom stereocenters. The van der Waals surface area contributed by atoms with E-state index in [1.54, 1.807) is 0 Å². The molecule has 2 N–H and O–H groups in total. The molecule has 114 valence electrons. The molecule has 21 heavy (non-hydrogen) atoms. The van der Waals surface area contributed by atoms with E-state index in [1.165, 1.54) is 18.4 Å². The van der Waals surface area contributed by atoms with Gasteiger partial charge in [-0.1, -0.05) is 11.3 Å². The van der Waals surface area contributed by atoms with Gasteiger partial charge in [-0.3, -0.25) is 4.79 Å². The van der Waals surface area contributed by atoms with E-state index in [1.807, 2.05) is 12.1 Å². The number of rotatable bonds is 2. The number of likely N-dealkylation sites (N-methyl/N-ethyl adjacent to an activating group) is 1. The number of piperazine rings is 1. The molecule has 0 saturated carbocycles. The maximum atomic E-state index is 10.8. The van der Waals surface area contributed by atoms with Crippen molar-refractivity contribution in [1.29, 1.82) is 0 Å². The van der Waals surface area contributed by atoms with Gasteiger partial charge in [0.25, 0.3) is 0 Å². The number of thiazole rings is 1. The second-order valence-electron chi connectivity index (χ2n) is 4.97. The SMILES string of the molecule is CC1CN(C)CCN1c1ccc2nc(C=O)sc2n1.CN. The Hall–Kier alpha value is -1.57. The van der Waals surface area contributed by atoms with Crippen LogP contribution in [-0.2, 0) is 0 Å². The molecule has 7 heteroatoms. The van der Waals surface area contributed by atoms with E-state index in [4.69, 9.17) is 0 Å². The van der Waals surface area contributed by atoms with Crippen molar-refractivity contribution in [2.75, 3.05) is 38.6 Å². The van der Waals surface area contributed by atoms with Crippen LogP contribution in [0.1, 0.15) is 16.7 Å². The zero-order chi connectivity index (χ0) is 15.4. The first-order valence-corrected chi connectivity index (χ1v) is 7.74. The molecule has 0 aliphatic carbocycles. The first kappa shape index (κ1) is 15.8. The van der Waals surface area contributed by atoms with Gasteiger partial charge in [0, 0.05) is 25.7 Å². The largest absolute Gasteiger partial charge is 0.351 e. The van der Waals surface area contributed by atoms with Crippen LogP contribution >= 0.6 is 11.3 Å². The first-order chi connectivity index (χ1) is 10.2. The van der Waals surface area contributed by atoms with Gasteiger partial charge in [-0.15, -0.1) is 0 Å². The molecule has 3 rings (SSSR count). The Labute approximate surface area is 128 Å². The molecule has 3 heterocycles. The lowest BCUT2D eigenvalue weighted by Crippen LogP contribution is -2.50. The lowest BCUT2D eigenvalue weighted by molar-refractivity contribution is 0.112. The van der Waals surface area contributed by atoms with Crippen LogP contribution in [0, 0.1) is 0 Å². The number of carbonyl (C=O) groups excluding carboxylic acids is 1. The summed E-state index contributed by atoms with van der Waals surface area (Å²) < 4.78 is 0. The van der Waals surface area contributed by atoms with Crippen molar-refractivity contribution in [3.05, 3.63) is 17.1 Å². The van der Waals surface area contributed by atoms with Gasteiger partial charge in [-0.25, -0.2) is 9.97 Å². The van der Waals surface area contributed by atoms with Crippen LogP contribution in [0.4, 0.5) is 5.82 Å². The van der Waals surface area contributed by atoms with E-state index in [-0.39, 0.29) is 0 Å². The molecule has 1 saturated heterocycles. The number of fused-ring (bicyclic) bond motifs is 1. The summed E-state index contributed by atoms with van der Waals surface area (Å²) in [6.45, 7) is 5.29. The van der Waals surface area contributed by atoms with Gasteiger partial charge in [-0.05, 0) is 33.2 Å². The fourth-order valence-electron chi connectivity index (χ4n) is 2.51. The van der Waals surface area contributed by atoms with E-state index in [2.05, 4.69) is 39.5 Å². The number of hydrogen-bond donors (Lipinski definition) is 1. The van der Waals surface area contributed by atoms with Crippen LogP contribution in [0.3, 0.4) is 0 Å². The highest BCUT2D eigenvalue weighted by atomic mass is 32.1. The normalized spacial score (nSPS) is 19.2. The van der Waals surface area contributed by atoms with Gasteiger partial charge in [-0.2, -0.15) is 0 Å². The third-order valence-corrected chi connectivity index (χ3v) is 4.37. The fourth-order valence-corrected chi connectivity index (χ4v) is 3.26. The van der Waals surface area contributed by atoms with Crippen molar-refractivity contribution < 1.29 is 4.79 Å². The van der Waals surface area contributed by atoms with Crippen LogP contribution in [-0.4, -0.2) is 60.9 Å². The lowest BCUT2D eigenvalue weighted by Gasteiger charge is -2.38. The standard InChI is InChI=1S/C13H16N4OS.CH5N/c1-9-7-16(2)5-6-17(9)11-4-3-10-13(15-11)19-12(8-18)14-10;1-2/h3-4,8-9H,5-7H2,1-2H3;2H2,1H3. The minimum atomic E-state index is 0.446. The zero-order valence-electron chi connectivity index (χ0n) is 12.6. The van der Waals surface area contributed by atoms with E-state index < -0.39 is 0 Å². The summed E-state index contributed by atoms with van der Waals surface area (Å²) >= 11 is 1.35. The molecule has 0 spiro atoms. The van der Waals surface area contributed by atoms with Crippen LogP contribution in [0.5, 0.6) is 0 Å². The molecule has 0 bridgehead atoms. The molecule has 0 aromatic carbocycles. The monoisotopic (exact) mass is 307 g/mol. The summed E-state index contributed by atoms with van der Waals surface area (Å²) in [5.74, 6) is 0.981. The maximum absolute atomic E-state index is 10.8. The van der Waals surface area contributed by atoms with Crippen LogP contribution < -0.4 is 10.6 Å². The summed E-state index contributed by atoms with van der Waals surface area (Å²) in [4.78, 5) is 25.1. The highest BCUT2D eigenvalue weighted by Crippen LogP contribution is 2.24. The molecular formula is C14H21N5OS. The van der Waals surface area contributed by atoms with E-state index in [9.17, 15) is 4.79 Å². The highest BCUT2D eigenvalue weighted by molar-refractivity contribution is 7.19. The quantitative estimate of drug-likeness (QED) is 0.841. The van der Waals surface area contributed by atoms with Gasteiger partial charge in [0.15, 0.2) is 11.3 Å². The predicted molar refractivity (Wildman–Crippen MR) is 87.2 cm³/mol. The Kier molecular flexibility index (Phi) is 5.22. The van der Waals surface area contributed by atoms with Crippen molar-refractivity contribution in [3.8, 4) is 0 Å². The number of carbonyl (C=O) groups is 1. The molecule has 1 aliphatic heterocycles. The summed E-state index contributed by atoms with van der Waals surface area (Å²) in [7, 11) is 3.64. The van der Waals surface area contributed by atoms with Crippen molar-refractivity contribution in [2.24, 2.45) is 5.73 Å². The lowest BCUT2D eigenvalue weighted by atomic mass is 10.2. The van der Waals surface area contributed by atoms with Crippen molar-refractivity contribution in [1.82, 2.24) is 14.9 Å². The Morgan fingerprint density at radius 2 is 2.10 bits per heavy atom. The maximum Gasteiger partial charge on any atom is 0.178 e. The van der Waals surface area contributed by atoms with Crippen molar-refractivity contribution in [3.63, 3.8) is 0 Å². The Bertz CT molecular complexity index is 614. The smallest absolute Gasteiger partial charge is 0.178 e. The van der Waals surface area contributed by atoms with Gasteiger partial charge >= 0.3 is 0 Å². The predicted octanol–water partition coefficient (Wildman–Crippen LogP) is 1.22. The number of aromatic nitrogens is 2. The Morgan fingerprint density at radius 1 is 1.33 bits per heavy atom. The third-order valence-electron chi connectivity index (χ3n) is 3.48. The summed E-state index contributed by atoms with van der Waals surface area (Å²) in [6.07, 6.45) is 0.782. The number of aldehydes is 1. The molecule has 6 nitrogen and oxygen atoms in total. The Morgan fingerprint density at radius 3 is 2.76 bits per heavy atom. The van der Waals surface area contributed by atoms with Crippen molar-refractivity contribution >= 4 is 33.8 Å².